The first-order chi connectivity index (χ1) is 17.4. The Bertz CT molecular complexity index is 1240. The van der Waals surface area contributed by atoms with Crippen molar-refractivity contribution in [1.29, 1.82) is 0 Å². The molecule has 192 valence electrons. The molecular formula is C25H30FN5O4S. The zero-order chi connectivity index (χ0) is 25.2. The predicted octanol–water partition coefficient (Wildman–Crippen LogP) is 3.85. The summed E-state index contributed by atoms with van der Waals surface area (Å²) in [5, 5.41) is 7.04. The number of aromatic nitrogens is 2. The zero-order valence-corrected chi connectivity index (χ0v) is 21.4. The monoisotopic (exact) mass is 515 g/mol. The topological polar surface area (TPSA) is 97.8 Å². The Morgan fingerprint density at radius 1 is 1.25 bits per heavy atom. The Kier molecular flexibility index (Phi) is 7.33. The number of nitrogens with one attached hydrogen (secondary N) is 2. The van der Waals surface area contributed by atoms with Crippen LogP contribution in [-0.4, -0.2) is 73.1 Å². The Morgan fingerprint density at radius 3 is 2.78 bits per heavy atom. The maximum Gasteiger partial charge on any atom is 0.261 e. The summed E-state index contributed by atoms with van der Waals surface area (Å²) in [5.41, 5.74) is 1.38. The molecule has 2 aromatic heterocycles. The van der Waals surface area contributed by atoms with Crippen LogP contribution in [0.15, 0.2) is 24.5 Å². The molecule has 2 aliphatic rings. The first-order valence-corrected chi connectivity index (χ1v) is 12.8. The summed E-state index contributed by atoms with van der Waals surface area (Å²) >= 11 is 1.33. The first kappa shape index (κ1) is 24.8. The summed E-state index contributed by atoms with van der Waals surface area (Å²) in [6.45, 7) is 3.70. The molecule has 1 saturated heterocycles. The Morgan fingerprint density at radius 2 is 2.03 bits per heavy atom. The number of nitrogens with zero attached hydrogens (tertiary/aromatic N) is 3. The van der Waals surface area contributed by atoms with Gasteiger partial charge in [0, 0.05) is 25.5 Å². The molecule has 1 aliphatic heterocycles. The number of amides is 1. The number of carbonyl (C=O) groups is 1. The van der Waals surface area contributed by atoms with Gasteiger partial charge in [-0.15, -0.1) is 11.3 Å². The van der Waals surface area contributed by atoms with Crippen molar-refractivity contribution in [2.24, 2.45) is 0 Å². The van der Waals surface area contributed by atoms with Gasteiger partial charge in [0.25, 0.3) is 5.91 Å². The van der Waals surface area contributed by atoms with Crippen LogP contribution in [0.25, 0.3) is 10.2 Å². The molecule has 2 N–H and O–H groups in total. The van der Waals surface area contributed by atoms with Crippen molar-refractivity contribution in [1.82, 2.24) is 20.2 Å². The van der Waals surface area contributed by atoms with Crippen molar-refractivity contribution in [2.75, 3.05) is 39.3 Å². The number of benzene rings is 1. The molecule has 0 unspecified atom stereocenters. The minimum atomic E-state index is -0.394. The van der Waals surface area contributed by atoms with Crippen molar-refractivity contribution in [3.8, 4) is 5.75 Å². The van der Waals surface area contributed by atoms with Crippen LogP contribution in [0.1, 0.15) is 34.5 Å². The van der Waals surface area contributed by atoms with Gasteiger partial charge in [-0.05, 0) is 51.7 Å². The van der Waals surface area contributed by atoms with E-state index in [1.807, 2.05) is 21.0 Å². The second kappa shape index (κ2) is 10.6. The summed E-state index contributed by atoms with van der Waals surface area (Å²) in [7, 11) is 4.01. The molecule has 0 bridgehead atoms. The number of carbonyl (C=O) groups excluding carboxylic acids is 1. The molecule has 5 rings (SSSR count). The number of ether oxygens (including phenoxy) is 3. The summed E-state index contributed by atoms with van der Waals surface area (Å²) in [5.74, 6) is 0.404. The van der Waals surface area contributed by atoms with Crippen LogP contribution in [-0.2, 0) is 9.47 Å². The van der Waals surface area contributed by atoms with Gasteiger partial charge in [-0.1, -0.05) is 0 Å². The van der Waals surface area contributed by atoms with Crippen molar-refractivity contribution >= 4 is 39.0 Å². The van der Waals surface area contributed by atoms with Gasteiger partial charge >= 0.3 is 0 Å². The SMILES string of the molecule is Cc1c(C(=O)NCCCN(C)C)sc2ncnc(Nc3ccc(F)cc3O[C@H]3C[C@@H]4OCO[C@@H]4C3)c12. The third-order valence-electron chi connectivity index (χ3n) is 6.46. The first-order valence-electron chi connectivity index (χ1n) is 12.0. The third-order valence-corrected chi connectivity index (χ3v) is 7.66. The summed E-state index contributed by atoms with van der Waals surface area (Å²) < 4.78 is 31.5. The van der Waals surface area contributed by atoms with E-state index in [4.69, 9.17) is 14.2 Å². The minimum absolute atomic E-state index is 0.0161. The van der Waals surface area contributed by atoms with Gasteiger partial charge in [-0.25, -0.2) is 14.4 Å². The fourth-order valence-electron chi connectivity index (χ4n) is 4.64. The number of anilines is 2. The Labute approximate surface area is 213 Å². The highest BCUT2D eigenvalue weighted by Gasteiger charge is 2.41. The van der Waals surface area contributed by atoms with Crippen LogP contribution in [0.3, 0.4) is 0 Å². The van der Waals surface area contributed by atoms with E-state index < -0.39 is 5.82 Å². The maximum absolute atomic E-state index is 14.1. The molecule has 2 fully saturated rings. The van der Waals surface area contributed by atoms with Crippen LogP contribution in [0, 0.1) is 12.7 Å². The van der Waals surface area contributed by atoms with Crippen molar-refractivity contribution in [3.05, 3.63) is 40.8 Å². The van der Waals surface area contributed by atoms with Gasteiger partial charge in [0.05, 0.1) is 28.2 Å². The molecule has 0 radical (unpaired) electrons. The van der Waals surface area contributed by atoms with Crippen LogP contribution < -0.4 is 15.4 Å². The molecular weight excluding hydrogens is 485 g/mol. The molecule has 3 atom stereocenters. The molecule has 3 heterocycles. The predicted molar refractivity (Wildman–Crippen MR) is 136 cm³/mol. The number of thiophene rings is 1. The lowest BCUT2D eigenvalue weighted by molar-refractivity contribution is 0.0123. The van der Waals surface area contributed by atoms with Gasteiger partial charge in [0.15, 0.2) is 0 Å². The maximum atomic E-state index is 14.1. The number of hydrogen-bond donors (Lipinski definition) is 2. The average Bonchev–Trinajstić information content (AvgIpc) is 3.52. The van der Waals surface area contributed by atoms with Gasteiger partial charge in [0.2, 0.25) is 0 Å². The van der Waals surface area contributed by atoms with E-state index in [1.165, 1.54) is 29.8 Å². The molecule has 9 nitrogen and oxygen atoms in total. The number of fused-ring (bicyclic) bond motifs is 2. The normalized spacial score (nSPS) is 21.2. The van der Waals surface area contributed by atoms with E-state index in [9.17, 15) is 9.18 Å². The molecule has 1 saturated carbocycles. The van der Waals surface area contributed by atoms with E-state index >= 15 is 0 Å². The molecule has 3 aromatic rings. The second-order valence-corrected chi connectivity index (χ2v) is 10.4. The van der Waals surface area contributed by atoms with E-state index in [0.29, 0.717) is 53.1 Å². The fourth-order valence-corrected chi connectivity index (χ4v) is 5.71. The smallest absolute Gasteiger partial charge is 0.261 e. The Hall–Kier alpha value is -2.86. The molecule has 36 heavy (non-hydrogen) atoms. The number of rotatable bonds is 9. The summed E-state index contributed by atoms with van der Waals surface area (Å²) in [6.07, 6.45) is 3.59. The second-order valence-electron chi connectivity index (χ2n) is 9.38. The van der Waals surface area contributed by atoms with Gasteiger partial charge in [-0.2, -0.15) is 0 Å². The van der Waals surface area contributed by atoms with Gasteiger partial charge < -0.3 is 29.7 Å². The van der Waals surface area contributed by atoms with Crippen molar-refractivity contribution in [3.63, 3.8) is 0 Å². The summed E-state index contributed by atoms with van der Waals surface area (Å²) in [4.78, 5) is 25.0. The third kappa shape index (κ3) is 5.29. The zero-order valence-electron chi connectivity index (χ0n) is 20.5. The number of halogens is 1. The highest BCUT2D eigenvalue weighted by Crippen LogP contribution is 2.38. The highest BCUT2D eigenvalue weighted by atomic mass is 32.1. The summed E-state index contributed by atoms with van der Waals surface area (Å²) in [6, 6.07) is 4.36. The lowest BCUT2D eigenvalue weighted by Crippen LogP contribution is -2.26. The van der Waals surface area contributed by atoms with Crippen molar-refractivity contribution in [2.45, 2.75) is 44.5 Å². The quantitative estimate of drug-likeness (QED) is 0.415. The van der Waals surface area contributed by atoms with Crippen molar-refractivity contribution < 1.29 is 23.4 Å². The Balaban J connectivity index is 1.36. The van der Waals surface area contributed by atoms with Crippen LogP contribution in [0.2, 0.25) is 0 Å². The molecule has 1 aliphatic carbocycles. The fraction of sp³-hybridized carbons (Fsp3) is 0.480. The van der Waals surface area contributed by atoms with Crippen LogP contribution in [0.5, 0.6) is 5.75 Å². The number of hydrogen-bond acceptors (Lipinski definition) is 9. The highest BCUT2D eigenvalue weighted by molar-refractivity contribution is 7.20. The van der Waals surface area contributed by atoms with E-state index in [2.05, 4.69) is 25.5 Å². The molecule has 11 heteroatoms. The largest absolute Gasteiger partial charge is 0.488 e. The van der Waals surface area contributed by atoms with Gasteiger partial charge in [0.1, 0.15) is 41.4 Å². The van der Waals surface area contributed by atoms with Crippen LogP contribution >= 0.6 is 11.3 Å². The van der Waals surface area contributed by atoms with E-state index in [0.717, 1.165) is 23.9 Å². The van der Waals surface area contributed by atoms with Crippen LogP contribution in [0.4, 0.5) is 15.9 Å². The van der Waals surface area contributed by atoms with Gasteiger partial charge in [-0.3, -0.25) is 4.79 Å². The molecule has 0 spiro atoms. The lowest BCUT2D eigenvalue weighted by Gasteiger charge is -2.18. The minimum Gasteiger partial charge on any atom is -0.488 e. The lowest BCUT2D eigenvalue weighted by atomic mass is 10.2. The molecule has 1 aromatic carbocycles. The average molecular weight is 516 g/mol. The van der Waals surface area contributed by atoms with E-state index in [-0.39, 0.29) is 24.2 Å². The standard InChI is InChI=1S/C25H30FN5O4S/c1-14-21-23(28-12-29-25(21)36-22(14)24(32)27-7-4-8-31(2)3)30-17-6-5-15(26)9-18(17)35-16-10-19-20(11-16)34-13-33-19/h5-6,9,12,16,19-20H,4,7-8,10-11,13H2,1-3H3,(H,27,32)(H,28,29,30)/t16-,19-,20+. The van der Waals surface area contributed by atoms with E-state index in [1.54, 1.807) is 6.07 Å². The number of aryl methyl sites for hydroxylation is 1. The molecule has 1 amide bonds.